The van der Waals surface area contributed by atoms with E-state index in [1.54, 1.807) is 7.05 Å². The number of carbonyl (C=O) groups excluding carboxylic acids is 1. The first kappa shape index (κ1) is 16.3. The van der Waals surface area contributed by atoms with E-state index >= 15 is 0 Å². The highest BCUT2D eigenvalue weighted by molar-refractivity contribution is 5.75. The minimum atomic E-state index is -4.35. The van der Waals surface area contributed by atoms with Crippen molar-refractivity contribution in [2.75, 3.05) is 26.7 Å². The van der Waals surface area contributed by atoms with Gasteiger partial charge in [0.25, 0.3) is 0 Å². The molecular formula is C13H17F3N2O2. The highest BCUT2D eigenvalue weighted by atomic mass is 19.4. The van der Waals surface area contributed by atoms with E-state index in [1.807, 2.05) is 0 Å². The van der Waals surface area contributed by atoms with Crippen molar-refractivity contribution in [3.8, 4) is 5.75 Å². The van der Waals surface area contributed by atoms with Crippen molar-refractivity contribution in [1.29, 1.82) is 0 Å². The zero-order valence-electron chi connectivity index (χ0n) is 11.1. The van der Waals surface area contributed by atoms with Gasteiger partial charge >= 0.3 is 6.18 Å². The average molecular weight is 290 g/mol. The molecule has 0 unspecified atom stereocenters. The third-order valence-electron chi connectivity index (χ3n) is 2.48. The van der Waals surface area contributed by atoms with Crippen molar-refractivity contribution in [2.45, 2.75) is 12.6 Å². The second-order valence-electron chi connectivity index (χ2n) is 4.07. The molecule has 0 fully saturated rings. The van der Waals surface area contributed by atoms with Crippen molar-refractivity contribution in [1.82, 2.24) is 10.6 Å². The SMILES string of the molecule is CNCCC(=O)NCCOc1ccc(C(F)(F)F)cc1. The fourth-order valence-corrected chi connectivity index (χ4v) is 1.43. The Bertz CT molecular complexity index is 419. The van der Waals surface area contributed by atoms with Crippen molar-refractivity contribution >= 4 is 5.91 Å². The third kappa shape index (κ3) is 5.92. The number of nitrogens with one attached hydrogen (secondary N) is 2. The van der Waals surface area contributed by atoms with E-state index in [9.17, 15) is 18.0 Å². The number of benzene rings is 1. The lowest BCUT2D eigenvalue weighted by atomic mass is 10.2. The summed E-state index contributed by atoms with van der Waals surface area (Å²) < 4.78 is 42.2. The Morgan fingerprint density at radius 1 is 1.20 bits per heavy atom. The number of hydrogen-bond acceptors (Lipinski definition) is 3. The fraction of sp³-hybridized carbons (Fsp3) is 0.462. The Kier molecular flexibility index (Phi) is 6.30. The minimum Gasteiger partial charge on any atom is -0.492 e. The molecule has 1 aromatic rings. The molecule has 0 aliphatic rings. The summed E-state index contributed by atoms with van der Waals surface area (Å²) >= 11 is 0. The lowest BCUT2D eigenvalue weighted by Gasteiger charge is -2.10. The Balaban J connectivity index is 2.27. The molecule has 0 spiro atoms. The van der Waals surface area contributed by atoms with Crippen molar-refractivity contribution in [3.05, 3.63) is 29.8 Å². The first-order valence-corrected chi connectivity index (χ1v) is 6.15. The van der Waals surface area contributed by atoms with Crippen molar-refractivity contribution in [2.24, 2.45) is 0 Å². The lowest BCUT2D eigenvalue weighted by molar-refractivity contribution is -0.137. The number of alkyl halides is 3. The van der Waals surface area contributed by atoms with Crippen LogP contribution in [0.25, 0.3) is 0 Å². The standard InChI is InChI=1S/C13H17F3N2O2/c1-17-7-6-12(19)18-8-9-20-11-4-2-10(3-5-11)13(14,15)16/h2-5,17H,6-9H2,1H3,(H,18,19). The molecule has 0 aliphatic carbocycles. The molecule has 2 N–H and O–H groups in total. The van der Waals surface area contributed by atoms with Crippen LogP contribution in [0.4, 0.5) is 13.2 Å². The van der Waals surface area contributed by atoms with Crippen molar-refractivity contribution in [3.63, 3.8) is 0 Å². The number of hydrogen-bond donors (Lipinski definition) is 2. The van der Waals surface area contributed by atoms with Crippen LogP contribution in [-0.4, -0.2) is 32.7 Å². The Morgan fingerprint density at radius 2 is 1.85 bits per heavy atom. The molecule has 20 heavy (non-hydrogen) atoms. The van der Waals surface area contributed by atoms with Crippen LogP contribution in [0.5, 0.6) is 5.75 Å². The second-order valence-corrected chi connectivity index (χ2v) is 4.07. The minimum absolute atomic E-state index is 0.102. The Labute approximate surface area is 115 Å². The summed E-state index contributed by atoms with van der Waals surface area (Å²) in [6, 6.07) is 4.43. The summed E-state index contributed by atoms with van der Waals surface area (Å²) in [5.74, 6) is 0.234. The number of carbonyl (C=O) groups is 1. The quantitative estimate of drug-likeness (QED) is 0.753. The van der Waals surface area contributed by atoms with Crippen LogP contribution in [-0.2, 0) is 11.0 Å². The van der Waals surface area contributed by atoms with Crippen molar-refractivity contribution < 1.29 is 22.7 Å². The Hall–Kier alpha value is -1.76. The first-order valence-electron chi connectivity index (χ1n) is 6.15. The highest BCUT2D eigenvalue weighted by Crippen LogP contribution is 2.30. The highest BCUT2D eigenvalue weighted by Gasteiger charge is 2.29. The van der Waals surface area contributed by atoms with Gasteiger partial charge in [0, 0.05) is 13.0 Å². The first-order chi connectivity index (χ1) is 9.43. The van der Waals surface area contributed by atoms with E-state index in [-0.39, 0.29) is 12.5 Å². The number of halogens is 3. The molecule has 0 saturated carbocycles. The fourth-order valence-electron chi connectivity index (χ4n) is 1.43. The third-order valence-corrected chi connectivity index (χ3v) is 2.48. The monoisotopic (exact) mass is 290 g/mol. The largest absolute Gasteiger partial charge is 0.492 e. The topological polar surface area (TPSA) is 50.4 Å². The van der Waals surface area contributed by atoms with Gasteiger partial charge in [-0.3, -0.25) is 4.79 Å². The van der Waals surface area contributed by atoms with E-state index in [1.165, 1.54) is 12.1 Å². The molecule has 0 heterocycles. The van der Waals surface area contributed by atoms with Gasteiger partial charge in [0.1, 0.15) is 12.4 Å². The number of ether oxygens (including phenoxy) is 1. The van der Waals surface area contributed by atoms with Gasteiger partial charge in [-0.1, -0.05) is 0 Å². The normalized spacial score (nSPS) is 11.2. The van der Waals surface area contributed by atoms with E-state index in [4.69, 9.17) is 4.74 Å². The predicted molar refractivity (Wildman–Crippen MR) is 68.5 cm³/mol. The summed E-state index contributed by atoms with van der Waals surface area (Å²) in [5, 5.41) is 5.49. The summed E-state index contributed by atoms with van der Waals surface area (Å²) in [6.45, 7) is 1.10. The molecule has 0 saturated heterocycles. The van der Waals surface area contributed by atoms with E-state index < -0.39 is 11.7 Å². The summed E-state index contributed by atoms with van der Waals surface area (Å²) in [7, 11) is 1.75. The molecular weight excluding hydrogens is 273 g/mol. The predicted octanol–water partition coefficient (Wildman–Crippen LogP) is 1.81. The molecule has 4 nitrogen and oxygen atoms in total. The summed E-state index contributed by atoms with van der Waals surface area (Å²) in [4.78, 5) is 11.2. The van der Waals surface area contributed by atoms with Crippen LogP contribution < -0.4 is 15.4 Å². The number of amides is 1. The molecule has 0 atom stereocenters. The molecule has 0 radical (unpaired) electrons. The van der Waals surface area contributed by atoms with Gasteiger partial charge in [0.2, 0.25) is 5.91 Å². The van der Waals surface area contributed by atoms with Gasteiger partial charge in [-0.15, -0.1) is 0 Å². The van der Waals surface area contributed by atoms with E-state index in [0.717, 1.165) is 12.1 Å². The molecule has 1 aromatic carbocycles. The molecule has 0 aromatic heterocycles. The van der Waals surface area contributed by atoms with Gasteiger partial charge in [0.15, 0.2) is 0 Å². The molecule has 0 bridgehead atoms. The maximum atomic E-state index is 12.3. The van der Waals surface area contributed by atoms with Crippen LogP contribution in [0.15, 0.2) is 24.3 Å². The zero-order valence-corrected chi connectivity index (χ0v) is 11.1. The van der Waals surface area contributed by atoms with Gasteiger partial charge in [-0.2, -0.15) is 13.2 Å². The van der Waals surface area contributed by atoms with Crippen LogP contribution in [0.3, 0.4) is 0 Å². The lowest BCUT2D eigenvalue weighted by Crippen LogP contribution is -2.30. The van der Waals surface area contributed by atoms with Crippen LogP contribution >= 0.6 is 0 Å². The average Bonchev–Trinajstić information content (AvgIpc) is 2.41. The van der Waals surface area contributed by atoms with E-state index in [2.05, 4.69) is 10.6 Å². The van der Waals surface area contributed by atoms with Gasteiger partial charge < -0.3 is 15.4 Å². The molecule has 7 heteroatoms. The molecule has 1 amide bonds. The maximum Gasteiger partial charge on any atom is 0.416 e. The summed E-state index contributed by atoms with van der Waals surface area (Å²) in [5.41, 5.74) is -0.717. The molecule has 0 aliphatic heterocycles. The van der Waals surface area contributed by atoms with Crippen LogP contribution in [0, 0.1) is 0 Å². The van der Waals surface area contributed by atoms with Gasteiger partial charge in [-0.25, -0.2) is 0 Å². The summed E-state index contributed by atoms with van der Waals surface area (Å²) in [6.07, 6.45) is -3.98. The van der Waals surface area contributed by atoms with Crippen LogP contribution in [0.2, 0.25) is 0 Å². The van der Waals surface area contributed by atoms with Gasteiger partial charge in [-0.05, 0) is 31.3 Å². The maximum absolute atomic E-state index is 12.3. The smallest absolute Gasteiger partial charge is 0.416 e. The second kappa shape index (κ2) is 7.74. The van der Waals surface area contributed by atoms with Crippen LogP contribution in [0.1, 0.15) is 12.0 Å². The van der Waals surface area contributed by atoms with Gasteiger partial charge in [0.05, 0.1) is 12.1 Å². The number of rotatable bonds is 7. The molecule has 112 valence electrons. The molecule has 1 rings (SSSR count). The Morgan fingerprint density at radius 3 is 2.40 bits per heavy atom. The zero-order chi connectivity index (χ0) is 15.0. The van der Waals surface area contributed by atoms with E-state index in [0.29, 0.717) is 25.3 Å².